The molecule has 0 spiro atoms. The predicted molar refractivity (Wildman–Crippen MR) is 69.2 cm³/mol. The molecule has 0 unspecified atom stereocenters. The molecule has 7 nitrogen and oxygen atoms in total. The van der Waals surface area contributed by atoms with Gasteiger partial charge in [0.25, 0.3) is 0 Å². The lowest BCUT2D eigenvalue weighted by molar-refractivity contribution is 0.410. The Balaban J connectivity index is 2.39. The summed E-state index contributed by atoms with van der Waals surface area (Å²) in [6.45, 7) is 0.577. The normalized spacial score (nSPS) is 17.8. The van der Waals surface area contributed by atoms with Crippen molar-refractivity contribution in [2.75, 3.05) is 36.6 Å². The molecule has 0 aromatic carbocycles. The Kier molecular flexibility index (Phi) is 3.78. The standard InChI is InChI=1S/C10H11ClN4O3S/c1-18-8-9(11)13-7(6-12)14-10(8)15-2-4-19(16,17)5-3-15/h2-5H2,1H3. The van der Waals surface area contributed by atoms with Crippen LogP contribution in [0.25, 0.3) is 0 Å². The molecule has 0 amide bonds. The first-order valence-corrected chi connectivity index (χ1v) is 7.64. The van der Waals surface area contributed by atoms with Gasteiger partial charge in [-0.3, -0.25) is 0 Å². The molecular formula is C10H11ClN4O3S. The van der Waals surface area contributed by atoms with Crippen LogP contribution in [0.2, 0.25) is 5.15 Å². The Bertz CT molecular complexity index is 627. The summed E-state index contributed by atoms with van der Waals surface area (Å²) >= 11 is 5.92. The summed E-state index contributed by atoms with van der Waals surface area (Å²) in [6.07, 6.45) is 0. The monoisotopic (exact) mass is 302 g/mol. The maximum absolute atomic E-state index is 11.4. The third-order valence-corrected chi connectivity index (χ3v) is 4.62. The van der Waals surface area contributed by atoms with E-state index in [9.17, 15) is 8.42 Å². The number of hydrogen-bond donors (Lipinski definition) is 0. The number of rotatable bonds is 2. The van der Waals surface area contributed by atoms with Crippen LogP contribution >= 0.6 is 11.6 Å². The number of aromatic nitrogens is 2. The number of hydrogen-bond acceptors (Lipinski definition) is 7. The van der Waals surface area contributed by atoms with E-state index in [1.54, 1.807) is 4.90 Å². The first-order valence-electron chi connectivity index (χ1n) is 5.44. The number of nitrogens with zero attached hydrogens (tertiary/aromatic N) is 4. The molecule has 1 aliphatic heterocycles. The fraction of sp³-hybridized carbons (Fsp3) is 0.500. The van der Waals surface area contributed by atoms with Crippen LogP contribution in [0.1, 0.15) is 5.82 Å². The molecule has 1 aromatic heterocycles. The Morgan fingerprint density at radius 2 is 2.00 bits per heavy atom. The smallest absolute Gasteiger partial charge is 0.235 e. The van der Waals surface area contributed by atoms with Crippen LogP contribution in [-0.2, 0) is 9.84 Å². The van der Waals surface area contributed by atoms with Crippen molar-refractivity contribution in [1.29, 1.82) is 5.26 Å². The summed E-state index contributed by atoms with van der Waals surface area (Å²) in [7, 11) is -1.58. The maximum Gasteiger partial charge on any atom is 0.235 e. The minimum atomic E-state index is -2.99. The van der Waals surface area contributed by atoms with Crippen molar-refractivity contribution in [2.24, 2.45) is 0 Å². The molecule has 0 saturated carbocycles. The van der Waals surface area contributed by atoms with E-state index in [0.29, 0.717) is 5.82 Å². The fourth-order valence-electron chi connectivity index (χ4n) is 1.78. The summed E-state index contributed by atoms with van der Waals surface area (Å²) < 4.78 is 27.9. The van der Waals surface area contributed by atoms with Gasteiger partial charge in [-0.25, -0.2) is 13.4 Å². The highest BCUT2D eigenvalue weighted by Gasteiger charge is 2.26. The number of anilines is 1. The van der Waals surface area contributed by atoms with Crippen molar-refractivity contribution < 1.29 is 13.2 Å². The van der Waals surface area contributed by atoms with Crippen LogP contribution in [0.4, 0.5) is 5.82 Å². The second-order valence-corrected chi connectivity index (χ2v) is 6.61. The Labute approximate surface area is 115 Å². The van der Waals surface area contributed by atoms with E-state index in [1.807, 2.05) is 6.07 Å². The number of methoxy groups -OCH3 is 1. The minimum absolute atomic E-state index is 0.0393. The molecule has 102 valence electrons. The van der Waals surface area contributed by atoms with E-state index in [1.165, 1.54) is 7.11 Å². The molecule has 19 heavy (non-hydrogen) atoms. The zero-order chi connectivity index (χ0) is 14.0. The summed E-state index contributed by atoms with van der Waals surface area (Å²) in [5, 5.41) is 8.88. The van der Waals surface area contributed by atoms with Gasteiger partial charge < -0.3 is 9.64 Å². The lowest BCUT2D eigenvalue weighted by Gasteiger charge is -2.28. The molecule has 0 atom stereocenters. The number of nitriles is 1. The highest BCUT2D eigenvalue weighted by Crippen LogP contribution is 2.33. The second-order valence-electron chi connectivity index (χ2n) is 3.95. The summed E-state index contributed by atoms with van der Waals surface area (Å²) in [5.74, 6) is 0.613. The Hall–Kier alpha value is -1.59. The van der Waals surface area contributed by atoms with Crippen LogP contribution in [0.3, 0.4) is 0 Å². The Morgan fingerprint density at radius 1 is 1.37 bits per heavy atom. The molecule has 0 bridgehead atoms. The number of sulfone groups is 1. The van der Waals surface area contributed by atoms with Gasteiger partial charge in [0, 0.05) is 13.1 Å². The van der Waals surface area contributed by atoms with Crippen LogP contribution in [0.5, 0.6) is 5.75 Å². The predicted octanol–water partition coefficient (Wildman–Crippen LogP) is 0.245. The average Bonchev–Trinajstić information content (AvgIpc) is 2.37. The van der Waals surface area contributed by atoms with Gasteiger partial charge in [-0.15, -0.1) is 0 Å². The van der Waals surface area contributed by atoms with Gasteiger partial charge in [0.15, 0.2) is 26.6 Å². The van der Waals surface area contributed by atoms with Crippen LogP contribution < -0.4 is 9.64 Å². The van der Waals surface area contributed by atoms with E-state index in [4.69, 9.17) is 21.6 Å². The van der Waals surface area contributed by atoms with E-state index >= 15 is 0 Å². The minimum Gasteiger partial charge on any atom is -0.490 e. The maximum atomic E-state index is 11.4. The van der Waals surface area contributed by atoms with E-state index in [0.717, 1.165) is 0 Å². The van der Waals surface area contributed by atoms with E-state index in [2.05, 4.69) is 9.97 Å². The lowest BCUT2D eigenvalue weighted by Crippen LogP contribution is -2.41. The van der Waals surface area contributed by atoms with Gasteiger partial charge in [-0.05, 0) is 0 Å². The molecular weight excluding hydrogens is 292 g/mol. The molecule has 0 radical (unpaired) electrons. The average molecular weight is 303 g/mol. The molecule has 1 saturated heterocycles. The first kappa shape index (κ1) is 13.8. The van der Waals surface area contributed by atoms with Gasteiger partial charge >= 0.3 is 0 Å². The van der Waals surface area contributed by atoms with E-state index < -0.39 is 9.84 Å². The SMILES string of the molecule is COc1c(Cl)nc(C#N)nc1N1CCS(=O)(=O)CC1. The quantitative estimate of drug-likeness (QED) is 0.722. The van der Waals surface area contributed by atoms with Crippen molar-refractivity contribution in [3.05, 3.63) is 11.0 Å². The second kappa shape index (κ2) is 5.19. The van der Waals surface area contributed by atoms with Crippen molar-refractivity contribution in [1.82, 2.24) is 9.97 Å². The zero-order valence-corrected chi connectivity index (χ0v) is 11.7. The van der Waals surface area contributed by atoms with Gasteiger partial charge in [-0.2, -0.15) is 10.2 Å². The van der Waals surface area contributed by atoms with Crippen molar-refractivity contribution >= 4 is 27.3 Å². The fourth-order valence-corrected chi connectivity index (χ4v) is 3.22. The molecule has 2 heterocycles. The van der Waals surface area contributed by atoms with Crippen LogP contribution in [-0.4, -0.2) is 50.1 Å². The number of halogens is 1. The highest BCUT2D eigenvalue weighted by molar-refractivity contribution is 7.91. The molecule has 0 N–H and O–H groups in total. The highest BCUT2D eigenvalue weighted by atomic mass is 35.5. The van der Waals surface area contributed by atoms with Gasteiger partial charge in [0.2, 0.25) is 5.82 Å². The largest absolute Gasteiger partial charge is 0.490 e. The lowest BCUT2D eigenvalue weighted by atomic mass is 10.4. The molecule has 1 fully saturated rings. The van der Waals surface area contributed by atoms with Crippen molar-refractivity contribution in [3.8, 4) is 11.8 Å². The zero-order valence-electron chi connectivity index (χ0n) is 10.1. The van der Waals surface area contributed by atoms with Gasteiger partial charge in [0.1, 0.15) is 6.07 Å². The van der Waals surface area contributed by atoms with Crippen LogP contribution in [0.15, 0.2) is 0 Å². The van der Waals surface area contributed by atoms with Crippen LogP contribution in [0, 0.1) is 11.3 Å². The Morgan fingerprint density at radius 3 is 2.53 bits per heavy atom. The first-order chi connectivity index (χ1) is 8.96. The molecule has 0 aliphatic carbocycles. The van der Waals surface area contributed by atoms with Crippen molar-refractivity contribution in [3.63, 3.8) is 0 Å². The molecule has 1 aliphatic rings. The third kappa shape index (κ3) is 2.88. The van der Waals surface area contributed by atoms with Crippen molar-refractivity contribution in [2.45, 2.75) is 0 Å². The summed E-state index contributed by atoms with van der Waals surface area (Å²) in [5.41, 5.74) is 0. The summed E-state index contributed by atoms with van der Waals surface area (Å²) in [6, 6.07) is 1.81. The third-order valence-electron chi connectivity index (χ3n) is 2.75. The molecule has 9 heteroatoms. The molecule has 1 aromatic rings. The van der Waals surface area contributed by atoms with Gasteiger partial charge in [0.05, 0.1) is 18.6 Å². The topological polar surface area (TPSA) is 96.2 Å². The number of ether oxygens (including phenoxy) is 1. The molecule has 2 rings (SSSR count). The van der Waals surface area contributed by atoms with E-state index in [-0.39, 0.29) is 41.3 Å². The summed E-state index contributed by atoms with van der Waals surface area (Å²) in [4.78, 5) is 9.54. The van der Waals surface area contributed by atoms with Gasteiger partial charge in [-0.1, -0.05) is 11.6 Å².